The zero-order chi connectivity index (χ0) is 4.99. The molecule has 35 valence electrons. The summed E-state index contributed by atoms with van der Waals surface area (Å²) in [6, 6.07) is 0. The first-order valence-electron chi connectivity index (χ1n) is 1.21. The highest BCUT2D eigenvalue weighted by Crippen LogP contribution is 1.95. The molecular weight excluding hydrogens is 104 g/mol. The molecule has 3 nitrogen and oxygen atoms in total. The van der Waals surface area contributed by atoms with Gasteiger partial charge < -0.3 is 5.11 Å². The van der Waals surface area contributed by atoms with Crippen LogP contribution in [-0.4, -0.2) is 16.3 Å². The van der Waals surface area contributed by atoms with Crippen LogP contribution in [0.25, 0.3) is 0 Å². The molecule has 1 N–H and O–H groups in total. The molecule has 1 radical (unpaired) electrons. The first kappa shape index (κ1) is 5.78. The van der Waals surface area contributed by atoms with Crippen molar-refractivity contribution in [2.45, 2.75) is 0 Å². The largest absolute Gasteiger partial charge is 0.473 e. The molecule has 4 heteroatoms. The van der Waals surface area contributed by atoms with Gasteiger partial charge in [0, 0.05) is 0 Å². The summed E-state index contributed by atoms with van der Waals surface area (Å²) in [6.45, 7) is 0. The van der Waals surface area contributed by atoms with Crippen molar-refractivity contribution in [3.05, 3.63) is 0 Å². The van der Waals surface area contributed by atoms with Crippen LogP contribution in [0.2, 0.25) is 0 Å². The molecule has 0 aromatic carbocycles. The van der Waals surface area contributed by atoms with Crippen molar-refractivity contribution < 1.29 is 15.0 Å². The number of hydrogen-bond acceptors (Lipinski definition) is 2. The predicted octanol–water partition coefficient (Wildman–Crippen LogP) is 0.786. The number of carboxylic acid groups (broad SMARTS) is 1. The molecule has 0 bridgehead atoms. The van der Waals surface area contributed by atoms with Gasteiger partial charge in [-0.1, -0.05) is 0 Å². The van der Waals surface area contributed by atoms with E-state index in [0.29, 0.717) is 11.8 Å². The molecule has 0 aromatic rings. The molecule has 0 aliphatic carbocycles. The fraction of sp³-hybridized carbons (Fsp3) is 0.500. The Bertz CT molecular complexity index is 52.8. The monoisotopic (exact) mass is 107 g/mol. The summed E-state index contributed by atoms with van der Waals surface area (Å²) >= 11 is 0.347. The molecule has 0 aliphatic rings. The molecule has 0 amide bonds. The van der Waals surface area contributed by atoms with Gasteiger partial charge in [0.2, 0.25) is 0 Å². The van der Waals surface area contributed by atoms with Crippen molar-refractivity contribution in [3.63, 3.8) is 0 Å². The van der Waals surface area contributed by atoms with Crippen LogP contribution in [0.5, 0.6) is 0 Å². The maximum atomic E-state index is 9.36. The van der Waals surface area contributed by atoms with Crippen LogP contribution in [0.4, 0.5) is 4.79 Å². The van der Waals surface area contributed by atoms with Crippen LogP contribution in [-0.2, 0) is 5.11 Å². The van der Waals surface area contributed by atoms with Crippen LogP contribution < -0.4 is 0 Å². The first-order valence-corrected chi connectivity index (χ1v) is 2.19. The minimum atomic E-state index is -1.11. The number of thioether (sulfide) groups is 1. The van der Waals surface area contributed by atoms with E-state index in [1.807, 2.05) is 0 Å². The van der Waals surface area contributed by atoms with Gasteiger partial charge in [0.15, 0.2) is 0 Å². The molecule has 0 aromatic heterocycles. The lowest BCUT2D eigenvalue weighted by Crippen LogP contribution is -1.82. The summed E-state index contributed by atoms with van der Waals surface area (Å²) in [6.07, 6.45) is 0. The molecule has 0 fully saturated rings. The van der Waals surface area contributed by atoms with Crippen molar-refractivity contribution in [2.24, 2.45) is 0 Å². The van der Waals surface area contributed by atoms with Crippen molar-refractivity contribution in [2.75, 3.05) is 5.94 Å². The minimum absolute atomic E-state index is 0.347. The van der Waals surface area contributed by atoms with E-state index in [4.69, 9.17) is 5.11 Å². The Morgan fingerprint density at radius 1 is 1.83 bits per heavy atom. The molecule has 0 aliphatic heterocycles. The third-order valence-electron chi connectivity index (χ3n) is 0.182. The number of rotatable bonds is 1. The Hall–Kier alpha value is -0.220. The van der Waals surface area contributed by atoms with Gasteiger partial charge in [-0.2, -0.15) is 0 Å². The predicted molar refractivity (Wildman–Crippen MR) is 21.2 cm³/mol. The zero-order valence-corrected chi connectivity index (χ0v) is 3.70. The lowest BCUT2D eigenvalue weighted by molar-refractivity contribution is 0.219. The van der Waals surface area contributed by atoms with E-state index in [2.05, 4.69) is 0 Å². The zero-order valence-electron chi connectivity index (χ0n) is 2.88. The molecule has 0 atom stereocenters. The lowest BCUT2D eigenvalue weighted by atomic mass is 11.6. The van der Waals surface area contributed by atoms with E-state index >= 15 is 0 Å². The van der Waals surface area contributed by atoms with E-state index in [0.717, 1.165) is 0 Å². The number of carbonyl (C=O) groups is 1. The topological polar surface area (TPSA) is 57.2 Å². The third kappa shape index (κ3) is 3.78. The normalized spacial score (nSPS) is 8.17. The van der Waals surface area contributed by atoms with Crippen LogP contribution in [0.15, 0.2) is 0 Å². The minimum Gasteiger partial charge on any atom is -0.473 e. The van der Waals surface area contributed by atoms with E-state index in [-0.39, 0.29) is 0 Å². The lowest BCUT2D eigenvalue weighted by Gasteiger charge is -1.77. The van der Waals surface area contributed by atoms with Gasteiger partial charge in [-0.15, -0.1) is 0 Å². The highest BCUT2D eigenvalue weighted by Gasteiger charge is 1.90. The van der Waals surface area contributed by atoms with Gasteiger partial charge in [0.25, 0.3) is 0 Å². The van der Waals surface area contributed by atoms with Crippen molar-refractivity contribution in [1.82, 2.24) is 0 Å². The summed E-state index contributed by atoms with van der Waals surface area (Å²) < 4.78 is 0. The average Bonchev–Trinajstić information content (AvgIpc) is 1.35. The van der Waals surface area contributed by atoms with E-state index in [1.165, 1.54) is 0 Å². The second-order valence-corrected chi connectivity index (χ2v) is 1.40. The summed E-state index contributed by atoms with van der Waals surface area (Å²) in [5.74, 6) is -0.602. The molecule has 6 heavy (non-hydrogen) atoms. The van der Waals surface area contributed by atoms with Gasteiger partial charge in [-0.3, -0.25) is 0 Å². The molecular formula is C2H3O3S. The average molecular weight is 107 g/mol. The Morgan fingerprint density at radius 2 is 2.33 bits per heavy atom. The molecule has 0 unspecified atom stereocenters. The Balaban J connectivity index is 2.83. The van der Waals surface area contributed by atoms with E-state index < -0.39 is 11.2 Å². The molecule has 0 spiro atoms. The van der Waals surface area contributed by atoms with Crippen molar-refractivity contribution >= 4 is 17.1 Å². The van der Waals surface area contributed by atoms with Crippen molar-refractivity contribution in [1.29, 1.82) is 0 Å². The van der Waals surface area contributed by atoms with E-state index in [1.54, 1.807) is 0 Å². The quantitative estimate of drug-likeness (QED) is 0.504. The molecule has 0 saturated carbocycles. The highest BCUT2D eigenvalue weighted by molar-refractivity contribution is 8.13. The molecule has 0 rings (SSSR count). The fourth-order valence-corrected chi connectivity index (χ4v) is 0.151. The standard InChI is InChI=1S/C2H3O3S/c3-1-6-2(4)5/h1H2,(H,4,5). The van der Waals surface area contributed by atoms with Gasteiger partial charge in [-0.25, -0.2) is 9.90 Å². The van der Waals surface area contributed by atoms with Gasteiger partial charge >= 0.3 is 5.30 Å². The van der Waals surface area contributed by atoms with Crippen LogP contribution in [0.1, 0.15) is 0 Å². The second-order valence-electron chi connectivity index (χ2n) is 0.528. The fourth-order valence-electron chi connectivity index (χ4n) is 0.0504. The van der Waals surface area contributed by atoms with Gasteiger partial charge in [0.05, 0.1) is 0 Å². The van der Waals surface area contributed by atoms with Crippen LogP contribution in [0, 0.1) is 0 Å². The van der Waals surface area contributed by atoms with Crippen LogP contribution in [0.3, 0.4) is 0 Å². The summed E-state index contributed by atoms with van der Waals surface area (Å²) in [5.41, 5.74) is 0. The third-order valence-corrected chi connectivity index (χ3v) is 0.547. The van der Waals surface area contributed by atoms with Crippen molar-refractivity contribution in [3.8, 4) is 0 Å². The maximum Gasteiger partial charge on any atom is 0.367 e. The summed E-state index contributed by atoms with van der Waals surface area (Å²) in [4.78, 5) is 9.36. The maximum absolute atomic E-state index is 9.36. The van der Waals surface area contributed by atoms with Gasteiger partial charge in [0.1, 0.15) is 5.94 Å². The second kappa shape index (κ2) is 2.99. The smallest absolute Gasteiger partial charge is 0.367 e. The first-order chi connectivity index (χ1) is 2.77. The highest BCUT2D eigenvalue weighted by atomic mass is 32.2. The van der Waals surface area contributed by atoms with E-state index in [9.17, 15) is 9.90 Å². The number of hydrogen-bond donors (Lipinski definition) is 1. The molecule has 0 saturated heterocycles. The Labute approximate surface area is 39.0 Å². The summed E-state index contributed by atoms with van der Waals surface area (Å²) in [7, 11) is 0. The van der Waals surface area contributed by atoms with Gasteiger partial charge in [-0.05, 0) is 11.8 Å². The summed E-state index contributed by atoms with van der Waals surface area (Å²) in [5, 5.41) is 15.9. The van der Waals surface area contributed by atoms with Crippen LogP contribution >= 0.6 is 11.8 Å². The Morgan fingerprint density at radius 3 is 2.33 bits per heavy atom. The Kier molecular flexibility index (Phi) is 2.88. The molecule has 0 heterocycles. The SMILES string of the molecule is [O]CSC(=O)O.